The van der Waals surface area contributed by atoms with Crippen molar-refractivity contribution in [1.29, 1.82) is 0 Å². The quantitative estimate of drug-likeness (QED) is 0.789. The van der Waals surface area contributed by atoms with E-state index in [4.69, 9.17) is 5.11 Å². The van der Waals surface area contributed by atoms with Crippen LogP contribution in [-0.2, 0) is 11.2 Å². The van der Waals surface area contributed by atoms with E-state index in [9.17, 15) is 14.4 Å². The van der Waals surface area contributed by atoms with E-state index in [0.29, 0.717) is 31.6 Å². The number of rotatable bonds is 6. The summed E-state index contributed by atoms with van der Waals surface area (Å²) < 4.78 is 0. The fourth-order valence-corrected chi connectivity index (χ4v) is 3.71. The summed E-state index contributed by atoms with van der Waals surface area (Å²) in [7, 11) is 0. The second-order valence-electron chi connectivity index (χ2n) is 7.76. The molecule has 1 atom stereocenters. The van der Waals surface area contributed by atoms with Crippen molar-refractivity contribution in [3.8, 4) is 0 Å². The molecule has 0 radical (unpaired) electrons. The first-order chi connectivity index (χ1) is 13.9. The summed E-state index contributed by atoms with van der Waals surface area (Å²) in [6.07, 6.45) is 2.15. The molecule has 2 aromatic carbocycles. The number of hydrogen-bond acceptors (Lipinski definition) is 3. The van der Waals surface area contributed by atoms with Gasteiger partial charge < -0.3 is 15.3 Å². The van der Waals surface area contributed by atoms with Gasteiger partial charge in [0.15, 0.2) is 0 Å². The van der Waals surface area contributed by atoms with Crippen molar-refractivity contribution < 1.29 is 19.5 Å². The molecule has 0 saturated carbocycles. The first kappa shape index (κ1) is 20.6. The SMILES string of the molecule is CC1(C(=O)NCCc2ccc(C(=O)O)cc2)CCCN(C(=O)c2ccccc2)C1. The van der Waals surface area contributed by atoms with Gasteiger partial charge >= 0.3 is 5.97 Å². The molecule has 6 heteroatoms. The second kappa shape index (κ2) is 8.90. The molecule has 6 nitrogen and oxygen atoms in total. The van der Waals surface area contributed by atoms with Gasteiger partial charge in [0.1, 0.15) is 0 Å². The van der Waals surface area contributed by atoms with Crippen LogP contribution < -0.4 is 5.32 Å². The van der Waals surface area contributed by atoms with E-state index in [1.54, 1.807) is 41.3 Å². The Morgan fingerprint density at radius 1 is 1.03 bits per heavy atom. The van der Waals surface area contributed by atoms with Crippen LogP contribution in [-0.4, -0.2) is 47.4 Å². The fraction of sp³-hybridized carbons (Fsp3) is 0.348. The summed E-state index contributed by atoms with van der Waals surface area (Å²) in [5, 5.41) is 11.9. The Kier molecular flexibility index (Phi) is 6.32. The van der Waals surface area contributed by atoms with Crippen molar-refractivity contribution in [2.75, 3.05) is 19.6 Å². The number of piperidine rings is 1. The van der Waals surface area contributed by atoms with Gasteiger partial charge in [-0.05, 0) is 56.0 Å². The molecular weight excluding hydrogens is 368 g/mol. The van der Waals surface area contributed by atoms with Crippen LogP contribution >= 0.6 is 0 Å². The third kappa shape index (κ3) is 5.02. The molecule has 2 N–H and O–H groups in total. The molecule has 0 spiro atoms. The van der Waals surface area contributed by atoms with Crippen LogP contribution in [0.4, 0.5) is 0 Å². The van der Waals surface area contributed by atoms with Gasteiger partial charge in [-0.3, -0.25) is 9.59 Å². The van der Waals surface area contributed by atoms with Crippen molar-refractivity contribution in [2.24, 2.45) is 5.41 Å². The second-order valence-corrected chi connectivity index (χ2v) is 7.76. The highest BCUT2D eigenvalue weighted by Crippen LogP contribution is 2.30. The summed E-state index contributed by atoms with van der Waals surface area (Å²) in [6.45, 7) is 3.44. The number of nitrogens with one attached hydrogen (secondary N) is 1. The van der Waals surface area contributed by atoms with Crippen LogP contribution in [0.5, 0.6) is 0 Å². The molecule has 0 bridgehead atoms. The number of carbonyl (C=O) groups is 3. The Morgan fingerprint density at radius 3 is 2.38 bits per heavy atom. The lowest BCUT2D eigenvalue weighted by atomic mass is 9.80. The molecule has 152 valence electrons. The van der Waals surface area contributed by atoms with Gasteiger partial charge in [-0.15, -0.1) is 0 Å². The Hall–Kier alpha value is -3.15. The molecule has 1 unspecified atom stereocenters. The summed E-state index contributed by atoms with van der Waals surface area (Å²) in [6, 6.07) is 15.8. The lowest BCUT2D eigenvalue weighted by Gasteiger charge is -2.39. The Labute approximate surface area is 170 Å². The number of carboxylic acids is 1. The van der Waals surface area contributed by atoms with Crippen LogP contribution in [0, 0.1) is 5.41 Å². The van der Waals surface area contributed by atoms with Crippen LogP contribution in [0.3, 0.4) is 0 Å². The van der Waals surface area contributed by atoms with E-state index in [-0.39, 0.29) is 17.4 Å². The number of carboxylic acid groups (broad SMARTS) is 1. The minimum atomic E-state index is -0.954. The smallest absolute Gasteiger partial charge is 0.335 e. The van der Waals surface area contributed by atoms with Gasteiger partial charge in [0.2, 0.25) is 5.91 Å². The highest BCUT2D eigenvalue weighted by Gasteiger charge is 2.39. The predicted molar refractivity (Wildman–Crippen MR) is 110 cm³/mol. The van der Waals surface area contributed by atoms with Crippen molar-refractivity contribution in [3.05, 3.63) is 71.3 Å². The maximum absolute atomic E-state index is 12.8. The molecule has 29 heavy (non-hydrogen) atoms. The molecule has 0 aromatic heterocycles. The maximum Gasteiger partial charge on any atom is 0.335 e. The number of hydrogen-bond donors (Lipinski definition) is 2. The van der Waals surface area contributed by atoms with E-state index in [2.05, 4.69) is 5.32 Å². The summed E-state index contributed by atoms with van der Waals surface area (Å²) in [5.74, 6) is -1.04. The van der Waals surface area contributed by atoms with Crippen molar-refractivity contribution in [3.63, 3.8) is 0 Å². The summed E-state index contributed by atoms with van der Waals surface area (Å²) in [4.78, 5) is 38.2. The Balaban J connectivity index is 1.55. The molecule has 1 fully saturated rings. The van der Waals surface area contributed by atoms with Crippen LogP contribution in [0.2, 0.25) is 0 Å². The van der Waals surface area contributed by atoms with E-state index in [0.717, 1.165) is 18.4 Å². The Bertz CT molecular complexity index is 880. The van der Waals surface area contributed by atoms with Crippen LogP contribution in [0.15, 0.2) is 54.6 Å². The molecule has 1 aliphatic heterocycles. The number of aromatic carboxylic acids is 1. The van der Waals surface area contributed by atoms with Gasteiger partial charge in [-0.25, -0.2) is 4.79 Å². The maximum atomic E-state index is 12.8. The van der Waals surface area contributed by atoms with E-state index < -0.39 is 11.4 Å². The Morgan fingerprint density at radius 2 is 1.72 bits per heavy atom. The van der Waals surface area contributed by atoms with E-state index in [1.165, 1.54) is 0 Å². The van der Waals surface area contributed by atoms with Gasteiger partial charge in [-0.2, -0.15) is 0 Å². The van der Waals surface area contributed by atoms with Crippen LogP contribution in [0.25, 0.3) is 0 Å². The largest absolute Gasteiger partial charge is 0.478 e. The van der Waals surface area contributed by atoms with Gasteiger partial charge in [-0.1, -0.05) is 30.3 Å². The monoisotopic (exact) mass is 394 g/mol. The zero-order valence-corrected chi connectivity index (χ0v) is 16.6. The number of likely N-dealkylation sites (tertiary alicyclic amines) is 1. The fourth-order valence-electron chi connectivity index (χ4n) is 3.71. The zero-order chi connectivity index (χ0) is 20.9. The number of benzene rings is 2. The predicted octanol–water partition coefficient (Wildman–Crippen LogP) is 2.99. The molecule has 3 rings (SSSR count). The van der Waals surface area contributed by atoms with Crippen molar-refractivity contribution >= 4 is 17.8 Å². The molecular formula is C23H26N2O4. The molecule has 1 saturated heterocycles. The highest BCUT2D eigenvalue weighted by molar-refractivity contribution is 5.95. The average Bonchev–Trinajstić information content (AvgIpc) is 2.74. The first-order valence-corrected chi connectivity index (χ1v) is 9.84. The molecule has 2 amide bonds. The van der Waals surface area contributed by atoms with Crippen molar-refractivity contribution in [1.82, 2.24) is 10.2 Å². The summed E-state index contributed by atoms with van der Waals surface area (Å²) >= 11 is 0. The highest BCUT2D eigenvalue weighted by atomic mass is 16.4. The minimum absolute atomic E-state index is 0.0390. The minimum Gasteiger partial charge on any atom is -0.478 e. The standard InChI is InChI=1S/C23H26N2O4/c1-23(13-5-15-25(16-23)20(26)18-6-3-2-4-7-18)22(29)24-14-12-17-8-10-19(11-9-17)21(27)28/h2-4,6-11H,5,12-16H2,1H3,(H,24,29)(H,27,28). The van der Waals surface area contributed by atoms with Gasteiger partial charge in [0.25, 0.3) is 5.91 Å². The first-order valence-electron chi connectivity index (χ1n) is 9.84. The third-order valence-corrected chi connectivity index (χ3v) is 5.45. The van der Waals surface area contributed by atoms with Crippen molar-refractivity contribution in [2.45, 2.75) is 26.2 Å². The molecule has 2 aromatic rings. The topological polar surface area (TPSA) is 86.7 Å². The lowest BCUT2D eigenvalue weighted by Crippen LogP contribution is -2.52. The normalized spacial score (nSPS) is 18.9. The molecule has 0 aliphatic carbocycles. The third-order valence-electron chi connectivity index (χ3n) is 5.45. The summed E-state index contributed by atoms with van der Waals surface area (Å²) in [5.41, 5.74) is 1.23. The van der Waals surface area contributed by atoms with E-state index >= 15 is 0 Å². The van der Waals surface area contributed by atoms with Gasteiger partial charge in [0.05, 0.1) is 11.0 Å². The number of carbonyl (C=O) groups excluding carboxylic acids is 2. The average molecular weight is 394 g/mol. The molecule has 1 aliphatic rings. The lowest BCUT2D eigenvalue weighted by molar-refractivity contribution is -0.132. The zero-order valence-electron chi connectivity index (χ0n) is 16.6. The number of nitrogens with zero attached hydrogens (tertiary/aromatic N) is 1. The van der Waals surface area contributed by atoms with Crippen LogP contribution in [0.1, 0.15) is 46.0 Å². The number of amides is 2. The van der Waals surface area contributed by atoms with E-state index in [1.807, 2.05) is 25.1 Å². The molecule has 1 heterocycles. The van der Waals surface area contributed by atoms with Gasteiger partial charge in [0, 0.05) is 25.2 Å².